The number of aromatic nitrogens is 2. The number of hydrogen-bond acceptors (Lipinski definition) is 4. The molecule has 0 amide bonds. The van der Waals surface area contributed by atoms with E-state index >= 15 is 0 Å². The third kappa shape index (κ3) is 3.37. The van der Waals surface area contributed by atoms with Gasteiger partial charge < -0.3 is 10.2 Å². The molecule has 0 fully saturated rings. The highest BCUT2D eigenvalue weighted by atomic mass is 19.1. The van der Waals surface area contributed by atoms with Gasteiger partial charge in [0.1, 0.15) is 11.6 Å². The van der Waals surface area contributed by atoms with Crippen LogP contribution in [0.25, 0.3) is 0 Å². The molecule has 0 saturated heterocycles. The van der Waals surface area contributed by atoms with E-state index in [1.54, 1.807) is 12.1 Å². The molecule has 1 aliphatic rings. The van der Waals surface area contributed by atoms with Crippen LogP contribution in [-0.4, -0.2) is 16.5 Å². The molecule has 0 spiro atoms. The number of fused-ring (bicyclic) bond motifs is 1. The summed E-state index contributed by atoms with van der Waals surface area (Å²) in [7, 11) is 0. The molecule has 2 aromatic carbocycles. The largest absolute Gasteiger partial charge is 0.349 e. The van der Waals surface area contributed by atoms with Gasteiger partial charge in [0.05, 0.1) is 6.04 Å². The Balaban J connectivity index is 1.71. The first kappa shape index (κ1) is 17.5. The second kappa shape index (κ2) is 6.99. The van der Waals surface area contributed by atoms with Gasteiger partial charge >= 0.3 is 0 Å². The van der Waals surface area contributed by atoms with Crippen molar-refractivity contribution in [3.8, 4) is 0 Å². The van der Waals surface area contributed by atoms with Crippen LogP contribution in [0.4, 0.5) is 21.8 Å². The van der Waals surface area contributed by atoms with Crippen LogP contribution in [0.3, 0.4) is 0 Å². The van der Waals surface area contributed by atoms with E-state index in [0.717, 1.165) is 41.3 Å². The zero-order chi connectivity index (χ0) is 19.0. The highest BCUT2D eigenvalue weighted by Gasteiger charge is 2.27. The molecule has 1 unspecified atom stereocenters. The van der Waals surface area contributed by atoms with Gasteiger partial charge in [-0.05, 0) is 62.6 Å². The zero-order valence-corrected chi connectivity index (χ0v) is 15.8. The lowest BCUT2D eigenvalue weighted by Crippen LogP contribution is -2.35. The van der Waals surface area contributed by atoms with E-state index in [4.69, 9.17) is 4.98 Å². The van der Waals surface area contributed by atoms with Crippen molar-refractivity contribution in [1.82, 2.24) is 9.97 Å². The van der Waals surface area contributed by atoms with Gasteiger partial charge in [0.15, 0.2) is 0 Å². The fourth-order valence-electron chi connectivity index (χ4n) is 3.67. The van der Waals surface area contributed by atoms with Crippen LogP contribution in [0.2, 0.25) is 0 Å². The molecule has 1 aliphatic heterocycles. The number of hydrogen-bond donors (Lipinski definition) is 1. The molecule has 4 nitrogen and oxygen atoms in total. The summed E-state index contributed by atoms with van der Waals surface area (Å²) >= 11 is 0. The van der Waals surface area contributed by atoms with Crippen molar-refractivity contribution in [3.63, 3.8) is 0 Å². The number of anilines is 3. The van der Waals surface area contributed by atoms with E-state index in [9.17, 15) is 4.39 Å². The highest BCUT2D eigenvalue weighted by Crippen LogP contribution is 2.35. The SMILES string of the molecule is Cc1nc(Nc2ccccc2)nc(N2CCc3ccc(F)cc3C2C)c1C. The van der Waals surface area contributed by atoms with Crippen LogP contribution in [0.1, 0.15) is 35.3 Å². The summed E-state index contributed by atoms with van der Waals surface area (Å²) in [6, 6.07) is 15.1. The lowest BCUT2D eigenvalue weighted by Gasteiger charge is -2.37. The first-order chi connectivity index (χ1) is 13.0. The number of nitrogens with zero attached hydrogens (tertiary/aromatic N) is 3. The lowest BCUT2D eigenvalue weighted by molar-refractivity contribution is 0.589. The van der Waals surface area contributed by atoms with Crippen LogP contribution in [-0.2, 0) is 6.42 Å². The monoisotopic (exact) mass is 362 g/mol. The summed E-state index contributed by atoms with van der Waals surface area (Å²) in [4.78, 5) is 11.7. The van der Waals surface area contributed by atoms with E-state index in [1.165, 1.54) is 5.56 Å². The van der Waals surface area contributed by atoms with E-state index in [0.29, 0.717) is 5.95 Å². The molecule has 5 heteroatoms. The Kier molecular flexibility index (Phi) is 4.52. The summed E-state index contributed by atoms with van der Waals surface area (Å²) in [5.74, 6) is 1.30. The summed E-state index contributed by atoms with van der Waals surface area (Å²) < 4.78 is 13.8. The fourth-order valence-corrected chi connectivity index (χ4v) is 3.67. The van der Waals surface area contributed by atoms with Gasteiger partial charge in [-0.3, -0.25) is 0 Å². The summed E-state index contributed by atoms with van der Waals surface area (Å²) in [5, 5.41) is 3.29. The van der Waals surface area contributed by atoms with Crippen molar-refractivity contribution in [2.45, 2.75) is 33.2 Å². The van der Waals surface area contributed by atoms with E-state index in [1.807, 2.05) is 50.2 Å². The van der Waals surface area contributed by atoms with Crippen molar-refractivity contribution in [2.24, 2.45) is 0 Å². The molecular weight excluding hydrogens is 339 g/mol. The Morgan fingerprint density at radius 1 is 1.07 bits per heavy atom. The van der Waals surface area contributed by atoms with Crippen LogP contribution >= 0.6 is 0 Å². The average molecular weight is 362 g/mol. The van der Waals surface area contributed by atoms with Gasteiger partial charge in [-0.1, -0.05) is 24.3 Å². The van der Waals surface area contributed by atoms with E-state index < -0.39 is 0 Å². The Morgan fingerprint density at radius 2 is 1.85 bits per heavy atom. The topological polar surface area (TPSA) is 41.1 Å². The summed E-state index contributed by atoms with van der Waals surface area (Å²) in [6.45, 7) is 7.00. The van der Waals surface area contributed by atoms with E-state index in [-0.39, 0.29) is 11.9 Å². The number of rotatable bonds is 3. The second-order valence-electron chi connectivity index (χ2n) is 7.03. The first-order valence-corrected chi connectivity index (χ1v) is 9.25. The van der Waals surface area contributed by atoms with Crippen molar-refractivity contribution in [3.05, 3.63) is 76.7 Å². The molecule has 4 rings (SSSR count). The van der Waals surface area contributed by atoms with Gasteiger partial charge in [-0.2, -0.15) is 4.98 Å². The molecule has 1 atom stereocenters. The van der Waals surface area contributed by atoms with Gasteiger partial charge in [0.2, 0.25) is 5.95 Å². The molecule has 0 aliphatic carbocycles. The van der Waals surface area contributed by atoms with Crippen LogP contribution in [0, 0.1) is 19.7 Å². The van der Waals surface area contributed by atoms with E-state index in [2.05, 4.69) is 22.1 Å². The molecule has 0 radical (unpaired) electrons. The molecule has 1 N–H and O–H groups in total. The Bertz CT molecular complexity index is 972. The number of para-hydroxylation sites is 1. The van der Waals surface area contributed by atoms with Gasteiger partial charge in [0.25, 0.3) is 0 Å². The minimum Gasteiger partial charge on any atom is -0.349 e. The van der Waals surface area contributed by atoms with Crippen molar-refractivity contribution >= 4 is 17.5 Å². The quantitative estimate of drug-likeness (QED) is 0.704. The molecule has 0 bridgehead atoms. The van der Waals surface area contributed by atoms with Crippen LogP contribution in [0.15, 0.2) is 48.5 Å². The number of halogens is 1. The standard InChI is InChI=1S/C22H23FN4/c1-14-15(2)24-22(25-19-7-5-4-6-8-19)26-21(14)27-12-11-17-9-10-18(23)13-20(17)16(27)3/h4-10,13,16H,11-12H2,1-3H3,(H,24,25,26). The third-order valence-corrected chi connectivity index (χ3v) is 5.31. The molecule has 2 heterocycles. The Morgan fingerprint density at radius 3 is 2.63 bits per heavy atom. The van der Waals surface area contributed by atoms with Crippen molar-refractivity contribution < 1.29 is 4.39 Å². The fraction of sp³-hybridized carbons (Fsp3) is 0.273. The Labute approximate surface area is 159 Å². The number of nitrogens with one attached hydrogen (secondary N) is 1. The van der Waals surface area contributed by atoms with Crippen LogP contribution in [0.5, 0.6) is 0 Å². The average Bonchev–Trinajstić information content (AvgIpc) is 2.66. The van der Waals surface area contributed by atoms with Gasteiger partial charge in [0, 0.05) is 23.5 Å². The smallest absolute Gasteiger partial charge is 0.229 e. The highest BCUT2D eigenvalue weighted by molar-refractivity contribution is 5.59. The summed E-state index contributed by atoms with van der Waals surface area (Å²) in [6.07, 6.45) is 0.879. The van der Waals surface area contributed by atoms with Gasteiger partial charge in [-0.25, -0.2) is 9.37 Å². The molecule has 138 valence electrons. The molecule has 1 aromatic heterocycles. The zero-order valence-electron chi connectivity index (χ0n) is 15.8. The maximum absolute atomic E-state index is 13.8. The maximum atomic E-state index is 13.8. The predicted molar refractivity (Wildman–Crippen MR) is 107 cm³/mol. The summed E-state index contributed by atoms with van der Waals surface area (Å²) in [5.41, 5.74) is 5.20. The Hall–Kier alpha value is -2.95. The minimum atomic E-state index is -0.190. The van der Waals surface area contributed by atoms with Crippen LogP contribution < -0.4 is 10.2 Å². The lowest BCUT2D eigenvalue weighted by atomic mass is 9.93. The predicted octanol–water partition coefficient (Wildman–Crippen LogP) is 5.10. The molecule has 0 saturated carbocycles. The van der Waals surface area contributed by atoms with Gasteiger partial charge in [-0.15, -0.1) is 0 Å². The minimum absolute atomic E-state index is 0.0574. The van der Waals surface area contributed by atoms with Crippen molar-refractivity contribution in [1.29, 1.82) is 0 Å². The second-order valence-corrected chi connectivity index (χ2v) is 7.03. The molecule has 27 heavy (non-hydrogen) atoms. The number of benzene rings is 2. The third-order valence-electron chi connectivity index (χ3n) is 5.31. The number of aryl methyl sites for hydroxylation is 1. The van der Waals surface area contributed by atoms with Crippen molar-refractivity contribution in [2.75, 3.05) is 16.8 Å². The molecular formula is C22H23FN4. The normalized spacial score (nSPS) is 16.1. The molecule has 3 aromatic rings. The first-order valence-electron chi connectivity index (χ1n) is 9.25. The maximum Gasteiger partial charge on any atom is 0.229 e.